The Kier molecular flexibility index (Phi) is 6.79. The second kappa shape index (κ2) is 12.1. The Morgan fingerprint density at radius 1 is 0.352 bits per heavy atom. The summed E-state index contributed by atoms with van der Waals surface area (Å²) in [5, 5.41) is 6.76. The van der Waals surface area contributed by atoms with Gasteiger partial charge in [-0.3, -0.25) is 4.57 Å². The molecule has 8 aromatic carbocycles. The van der Waals surface area contributed by atoms with Crippen molar-refractivity contribution >= 4 is 54.5 Å². The minimum absolute atomic E-state index is 0.570. The van der Waals surface area contributed by atoms with E-state index >= 15 is 0 Å². The lowest BCUT2D eigenvalue weighted by atomic mass is 9.95. The predicted octanol–water partition coefficient (Wildman–Crippen LogP) is 12.7. The Morgan fingerprint density at radius 3 is 1.61 bits per heavy atom. The molecule has 0 atom stereocenters. The number of fused-ring (bicyclic) bond motifs is 8. The highest BCUT2D eigenvalue weighted by Crippen LogP contribution is 2.39. The van der Waals surface area contributed by atoms with Crippen LogP contribution in [0.1, 0.15) is 0 Å². The number of nitrogens with zero attached hydrogens (tertiary/aromatic N) is 4. The van der Waals surface area contributed by atoms with Gasteiger partial charge >= 0.3 is 0 Å². The molecule has 0 aliphatic carbocycles. The zero-order chi connectivity index (χ0) is 35.6. The lowest BCUT2D eigenvalue weighted by molar-refractivity contribution is 0.672. The molecule has 11 rings (SSSR count). The van der Waals surface area contributed by atoms with E-state index in [0.29, 0.717) is 17.6 Å². The Bertz CT molecular complexity index is 3180. The van der Waals surface area contributed by atoms with Crippen LogP contribution in [0.15, 0.2) is 186 Å². The van der Waals surface area contributed by atoms with Crippen molar-refractivity contribution < 1.29 is 4.42 Å². The molecule has 252 valence electrons. The minimum Gasteiger partial charge on any atom is -0.455 e. The van der Waals surface area contributed by atoms with E-state index in [1.807, 2.05) is 18.2 Å². The van der Waals surface area contributed by atoms with E-state index < -0.39 is 0 Å². The second-order valence-corrected chi connectivity index (χ2v) is 13.6. The van der Waals surface area contributed by atoms with E-state index in [0.717, 1.165) is 87.9 Å². The van der Waals surface area contributed by atoms with Crippen molar-refractivity contribution in [3.8, 4) is 51.0 Å². The first-order chi connectivity index (χ1) is 26.8. The number of hydrogen-bond donors (Lipinski definition) is 0. The Labute approximate surface area is 310 Å². The van der Waals surface area contributed by atoms with E-state index in [4.69, 9.17) is 19.4 Å². The fraction of sp³-hybridized carbons (Fsp3) is 0. The maximum Gasteiger partial charge on any atom is 0.238 e. The molecule has 11 aromatic rings. The molecule has 0 amide bonds. The van der Waals surface area contributed by atoms with Crippen LogP contribution in [0.2, 0.25) is 0 Å². The van der Waals surface area contributed by atoms with Gasteiger partial charge in [0.25, 0.3) is 0 Å². The van der Waals surface area contributed by atoms with Crippen molar-refractivity contribution in [2.75, 3.05) is 0 Å². The molecular weight excluding hydrogens is 661 g/mol. The van der Waals surface area contributed by atoms with Gasteiger partial charge in [-0.1, -0.05) is 146 Å². The molecule has 3 aromatic heterocycles. The lowest BCUT2D eigenvalue weighted by Gasteiger charge is -2.13. The van der Waals surface area contributed by atoms with Crippen molar-refractivity contribution in [2.24, 2.45) is 0 Å². The molecule has 0 unspecified atom stereocenters. The highest BCUT2D eigenvalue weighted by Gasteiger charge is 2.19. The summed E-state index contributed by atoms with van der Waals surface area (Å²) in [6.45, 7) is 0. The molecular formula is C49H30N4O. The number of furan rings is 1. The first-order valence-electron chi connectivity index (χ1n) is 18.1. The van der Waals surface area contributed by atoms with Gasteiger partial charge in [-0.25, -0.2) is 4.98 Å². The number of rotatable bonds is 5. The first kappa shape index (κ1) is 30.3. The maximum absolute atomic E-state index is 6.42. The molecule has 0 radical (unpaired) electrons. The maximum atomic E-state index is 6.42. The van der Waals surface area contributed by atoms with Crippen LogP contribution >= 0.6 is 0 Å². The summed E-state index contributed by atoms with van der Waals surface area (Å²) in [6.07, 6.45) is 0. The van der Waals surface area contributed by atoms with Gasteiger partial charge in [0.1, 0.15) is 11.2 Å². The van der Waals surface area contributed by atoms with Gasteiger partial charge in [0.2, 0.25) is 5.95 Å². The molecule has 0 aliphatic heterocycles. The zero-order valence-corrected chi connectivity index (χ0v) is 29.0. The van der Waals surface area contributed by atoms with E-state index in [-0.39, 0.29) is 0 Å². The first-order valence-corrected chi connectivity index (χ1v) is 18.1. The highest BCUT2D eigenvalue weighted by molar-refractivity contribution is 6.17. The molecule has 0 spiro atoms. The fourth-order valence-corrected chi connectivity index (χ4v) is 7.95. The number of aromatic nitrogens is 4. The monoisotopic (exact) mass is 690 g/mol. The van der Waals surface area contributed by atoms with Gasteiger partial charge in [0.15, 0.2) is 11.6 Å². The number of para-hydroxylation sites is 3. The van der Waals surface area contributed by atoms with Crippen LogP contribution in [0.25, 0.3) is 105 Å². The van der Waals surface area contributed by atoms with E-state index in [9.17, 15) is 0 Å². The molecule has 0 aliphatic rings. The molecule has 0 fully saturated rings. The summed E-state index contributed by atoms with van der Waals surface area (Å²) < 4.78 is 8.58. The standard InChI is InChI=1S/C49H30N4O/c1-2-13-31(14-3-1)32-15-10-17-34(29-32)47-50-48(52-49(51-47)53-43-24-7-4-19-38(43)39-20-5-8-25-44(39)53)35-18-11-16-33(30-35)36-22-12-23-41-37(36)27-28-42-40-21-6-9-26-45(40)54-46(41)42/h1-30H. The normalized spacial score (nSPS) is 11.7. The van der Waals surface area contributed by atoms with Crippen LogP contribution in [0.5, 0.6) is 0 Å². The van der Waals surface area contributed by atoms with Crippen molar-refractivity contribution in [1.29, 1.82) is 0 Å². The summed E-state index contributed by atoms with van der Waals surface area (Å²) in [5.41, 5.74) is 10.1. The minimum atomic E-state index is 0.570. The third-order valence-corrected chi connectivity index (χ3v) is 10.5. The predicted molar refractivity (Wildman–Crippen MR) is 221 cm³/mol. The molecule has 0 saturated heterocycles. The Hall–Kier alpha value is -7.37. The van der Waals surface area contributed by atoms with Crippen molar-refractivity contribution in [2.45, 2.75) is 0 Å². The van der Waals surface area contributed by atoms with Crippen LogP contribution in [0, 0.1) is 0 Å². The van der Waals surface area contributed by atoms with Gasteiger partial charge in [-0.05, 0) is 64.0 Å². The second-order valence-electron chi connectivity index (χ2n) is 13.6. The molecule has 5 nitrogen and oxygen atoms in total. The zero-order valence-electron chi connectivity index (χ0n) is 29.0. The SMILES string of the molecule is c1ccc(-c2cccc(-c3nc(-c4cccc(-c5cccc6c5ccc5c7ccccc7oc65)c4)nc(-n4c5ccccc5c5ccccc54)n3)c2)cc1. The smallest absolute Gasteiger partial charge is 0.238 e. The van der Waals surface area contributed by atoms with Gasteiger partial charge in [-0.15, -0.1) is 0 Å². The van der Waals surface area contributed by atoms with E-state index in [1.54, 1.807) is 0 Å². The van der Waals surface area contributed by atoms with Crippen LogP contribution in [0.4, 0.5) is 0 Å². The van der Waals surface area contributed by atoms with Crippen molar-refractivity contribution in [3.63, 3.8) is 0 Å². The molecule has 5 heteroatoms. The highest BCUT2D eigenvalue weighted by atomic mass is 16.3. The quantitative estimate of drug-likeness (QED) is 0.180. The lowest BCUT2D eigenvalue weighted by Crippen LogP contribution is -2.06. The van der Waals surface area contributed by atoms with E-state index in [2.05, 4.69) is 168 Å². The van der Waals surface area contributed by atoms with Crippen LogP contribution < -0.4 is 0 Å². The Balaban J connectivity index is 1.12. The average Bonchev–Trinajstić information content (AvgIpc) is 3.80. The third-order valence-electron chi connectivity index (χ3n) is 10.5. The molecule has 3 heterocycles. The fourth-order valence-electron chi connectivity index (χ4n) is 7.95. The summed E-state index contributed by atoms with van der Waals surface area (Å²) in [5.74, 6) is 1.78. The van der Waals surface area contributed by atoms with Crippen LogP contribution in [-0.4, -0.2) is 19.5 Å². The summed E-state index contributed by atoms with van der Waals surface area (Å²) in [6, 6.07) is 63.3. The number of benzene rings is 8. The number of hydrogen-bond acceptors (Lipinski definition) is 4. The Morgan fingerprint density at radius 2 is 0.870 bits per heavy atom. The topological polar surface area (TPSA) is 56.7 Å². The summed E-state index contributed by atoms with van der Waals surface area (Å²) in [4.78, 5) is 15.6. The van der Waals surface area contributed by atoms with Crippen molar-refractivity contribution in [1.82, 2.24) is 19.5 Å². The van der Waals surface area contributed by atoms with Crippen LogP contribution in [0.3, 0.4) is 0 Å². The summed E-state index contributed by atoms with van der Waals surface area (Å²) in [7, 11) is 0. The van der Waals surface area contributed by atoms with Crippen molar-refractivity contribution in [3.05, 3.63) is 182 Å². The summed E-state index contributed by atoms with van der Waals surface area (Å²) >= 11 is 0. The third kappa shape index (κ3) is 4.83. The molecule has 54 heavy (non-hydrogen) atoms. The average molecular weight is 691 g/mol. The van der Waals surface area contributed by atoms with E-state index in [1.165, 1.54) is 0 Å². The van der Waals surface area contributed by atoms with Crippen LogP contribution in [-0.2, 0) is 0 Å². The van der Waals surface area contributed by atoms with Gasteiger partial charge in [0, 0.05) is 38.1 Å². The van der Waals surface area contributed by atoms with Gasteiger partial charge < -0.3 is 4.42 Å². The molecule has 0 bridgehead atoms. The largest absolute Gasteiger partial charge is 0.455 e. The molecule has 0 N–H and O–H groups in total. The van der Waals surface area contributed by atoms with Gasteiger partial charge in [-0.2, -0.15) is 9.97 Å². The van der Waals surface area contributed by atoms with Gasteiger partial charge in [0.05, 0.1) is 11.0 Å². The molecule has 0 saturated carbocycles.